The average molecular weight is 378 g/mol. The van der Waals surface area contributed by atoms with Gasteiger partial charge in [0, 0.05) is 17.4 Å². The fourth-order valence-electron chi connectivity index (χ4n) is 3.82. The van der Waals surface area contributed by atoms with Crippen LogP contribution in [0, 0.1) is 11.7 Å². The van der Waals surface area contributed by atoms with E-state index in [0.717, 1.165) is 17.9 Å². The second-order valence-corrected chi connectivity index (χ2v) is 7.55. The lowest BCUT2D eigenvalue weighted by Crippen LogP contribution is -2.32. The topological polar surface area (TPSA) is 21.3 Å². The van der Waals surface area contributed by atoms with Gasteiger partial charge in [-0.3, -0.25) is 0 Å². The highest BCUT2D eigenvalue weighted by Gasteiger charge is 2.26. The second-order valence-electron chi connectivity index (χ2n) is 7.55. The van der Waals surface area contributed by atoms with Crippen molar-refractivity contribution in [3.05, 3.63) is 65.5 Å². The van der Waals surface area contributed by atoms with E-state index in [-0.39, 0.29) is 23.6 Å². The molecule has 0 amide bonds. The standard InChI is InChI=1S/C22H28FNO.ClH/c1-22(2,17-7-11-19(23)12-8-17)18-9-13-20(14-10-18)25-15-16-5-4-6-21(16)24-3;/h7-14,16,21,24H,4-6,15H2,1-3H3;1H/t16-,21-;/m1./s1. The molecule has 0 aromatic heterocycles. The molecule has 1 aliphatic carbocycles. The number of ether oxygens (including phenoxy) is 1. The van der Waals surface area contributed by atoms with Crippen molar-refractivity contribution in [2.45, 2.75) is 44.6 Å². The molecule has 3 rings (SSSR count). The van der Waals surface area contributed by atoms with E-state index in [1.54, 1.807) is 0 Å². The van der Waals surface area contributed by atoms with E-state index in [1.165, 1.54) is 37.0 Å². The van der Waals surface area contributed by atoms with Gasteiger partial charge in [-0.05, 0) is 55.3 Å². The third kappa shape index (κ3) is 4.57. The molecular weight excluding hydrogens is 349 g/mol. The molecule has 26 heavy (non-hydrogen) atoms. The van der Waals surface area contributed by atoms with Crippen molar-refractivity contribution in [2.75, 3.05) is 13.7 Å². The van der Waals surface area contributed by atoms with Crippen LogP contribution in [0.1, 0.15) is 44.2 Å². The molecule has 4 heteroatoms. The van der Waals surface area contributed by atoms with Crippen LogP contribution in [0.15, 0.2) is 48.5 Å². The first kappa shape index (κ1) is 20.7. The molecule has 0 radical (unpaired) electrons. The van der Waals surface area contributed by atoms with Crippen molar-refractivity contribution in [2.24, 2.45) is 5.92 Å². The quantitative estimate of drug-likeness (QED) is 0.733. The van der Waals surface area contributed by atoms with Crippen molar-refractivity contribution in [3.63, 3.8) is 0 Å². The maximum atomic E-state index is 13.2. The van der Waals surface area contributed by atoms with Gasteiger partial charge in [0.05, 0.1) is 6.61 Å². The highest BCUT2D eigenvalue weighted by atomic mass is 35.5. The van der Waals surface area contributed by atoms with Crippen molar-refractivity contribution < 1.29 is 9.13 Å². The van der Waals surface area contributed by atoms with Crippen LogP contribution in [-0.2, 0) is 5.41 Å². The van der Waals surface area contributed by atoms with E-state index in [1.807, 2.05) is 31.3 Å². The van der Waals surface area contributed by atoms with Gasteiger partial charge in [0.15, 0.2) is 0 Å². The molecule has 0 unspecified atom stereocenters. The fourth-order valence-corrected chi connectivity index (χ4v) is 3.82. The zero-order chi connectivity index (χ0) is 17.9. The van der Waals surface area contributed by atoms with Crippen molar-refractivity contribution >= 4 is 12.4 Å². The Morgan fingerprint density at radius 2 is 1.58 bits per heavy atom. The minimum atomic E-state index is -0.199. The van der Waals surface area contributed by atoms with Gasteiger partial charge in [-0.25, -0.2) is 4.39 Å². The molecule has 142 valence electrons. The largest absolute Gasteiger partial charge is 0.493 e. The van der Waals surface area contributed by atoms with Crippen LogP contribution in [0.5, 0.6) is 5.75 Å². The van der Waals surface area contributed by atoms with E-state index in [2.05, 4.69) is 31.3 Å². The van der Waals surface area contributed by atoms with Crippen molar-refractivity contribution in [3.8, 4) is 5.75 Å². The molecule has 1 fully saturated rings. The lowest BCUT2D eigenvalue weighted by Gasteiger charge is -2.26. The molecule has 1 saturated carbocycles. The molecule has 0 spiro atoms. The first-order chi connectivity index (χ1) is 12.0. The molecule has 0 bridgehead atoms. The number of hydrogen-bond acceptors (Lipinski definition) is 2. The molecule has 1 aliphatic rings. The maximum Gasteiger partial charge on any atom is 0.123 e. The Morgan fingerprint density at radius 1 is 1.00 bits per heavy atom. The minimum Gasteiger partial charge on any atom is -0.493 e. The Kier molecular flexibility index (Phi) is 7.08. The van der Waals surface area contributed by atoms with Crippen LogP contribution in [0.4, 0.5) is 4.39 Å². The number of hydrogen-bond donors (Lipinski definition) is 1. The Labute approximate surface area is 162 Å². The smallest absolute Gasteiger partial charge is 0.123 e. The van der Waals surface area contributed by atoms with Gasteiger partial charge in [-0.1, -0.05) is 44.5 Å². The van der Waals surface area contributed by atoms with Crippen LogP contribution in [0.2, 0.25) is 0 Å². The van der Waals surface area contributed by atoms with Crippen LogP contribution in [-0.4, -0.2) is 19.7 Å². The molecule has 0 aliphatic heterocycles. The number of rotatable bonds is 6. The summed E-state index contributed by atoms with van der Waals surface area (Å²) in [6.07, 6.45) is 3.76. The third-order valence-corrected chi connectivity index (χ3v) is 5.64. The summed E-state index contributed by atoms with van der Waals surface area (Å²) in [5.41, 5.74) is 2.13. The lowest BCUT2D eigenvalue weighted by molar-refractivity contribution is 0.229. The van der Waals surface area contributed by atoms with Gasteiger partial charge in [0.2, 0.25) is 0 Å². The van der Waals surface area contributed by atoms with Gasteiger partial charge in [0.1, 0.15) is 11.6 Å². The van der Waals surface area contributed by atoms with Gasteiger partial charge in [0.25, 0.3) is 0 Å². The van der Waals surface area contributed by atoms with E-state index in [4.69, 9.17) is 4.74 Å². The Morgan fingerprint density at radius 3 is 2.15 bits per heavy atom. The zero-order valence-corrected chi connectivity index (χ0v) is 16.6. The molecule has 0 heterocycles. The van der Waals surface area contributed by atoms with E-state index in [0.29, 0.717) is 12.0 Å². The maximum absolute atomic E-state index is 13.2. The third-order valence-electron chi connectivity index (χ3n) is 5.64. The highest BCUT2D eigenvalue weighted by Crippen LogP contribution is 2.33. The minimum absolute atomic E-state index is 0. The predicted octanol–water partition coefficient (Wildman–Crippen LogP) is 5.34. The normalized spacial score (nSPS) is 19.8. The Balaban J connectivity index is 0.00000243. The van der Waals surface area contributed by atoms with Crippen molar-refractivity contribution in [1.29, 1.82) is 0 Å². The van der Waals surface area contributed by atoms with E-state index >= 15 is 0 Å². The summed E-state index contributed by atoms with van der Waals surface area (Å²) < 4.78 is 19.2. The van der Waals surface area contributed by atoms with E-state index in [9.17, 15) is 4.39 Å². The molecule has 1 N–H and O–H groups in total. The predicted molar refractivity (Wildman–Crippen MR) is 108 cm³/mol. The lowest BCUT2D eigenvalue weighted by atomic mass is 9.78. The SMILES string of the molecule is CN[C@@H]1CCC[C@@H]1COc1ccc(C(C)(C)c2ccc(F)cc2)cc1.Cl. The Hall–Kier alpha value is -1.58. The first-order valence-corrected chi connectivity index (χ1v) is 9.17. The fraction of sp³-hybridized carbons (Fsp3) is 0.455. The van der Waals surface area contributed by atoms with Gasteiger partial charge in [-0.2, -0.15) is 0 Å². The van der Waals surface area contributed by atoms with E-state index < -0.39 is 0 Å². The van der Waals surface area contributed by atoms with Crippen LogP contribution >= 0.6 is 12.4 Å². The summed E-state index contributed by atoms with van der Waals surface area (Å²) in [5, 5.41) is 3.39. The van der Waals surface area contributed by atoms with Crippen LogP contribution in [0.25, 0.3) is 0 Å². The number of nitrogens with one attached hydrogen (secondary N) is 1. The molecule has 2 aromatic rings. The molecule has 2 nitrogen and oxygen atoms in total. The second kappa shape index (κ2) is 8.88. The first-order valence-electron chi connectivity index (χ1n) is 9.17. The molecule has 0 saturated heterocycles. The average Bonchev–Trinajstić information content (AvgIpc) is 3.08. The molecule has 2 aromatic carbocycles. The zero-order valence-electron chi connectivity index (χ0n) is 15.8. The Bertz CT molecular complexity index is 684. The summed E-state index contributed by atoms with van der Waals surface area (Å²) in [5.74, 6) is 1.32. The van der Waals surface area contributed by atoms with Gasteiger partial charge < -0.3 is 10.1 Å². The molecular formula is C22H29ClFNO. The highest BCUT2D eigenvalue weighted by molar-refractivity contribution is 5.85. The summed E-state index contributed by atoms with van der Waals surface area (Å²) in [7, 11) is 2.04. The number of benzene rings is 2. The summed E-state index contributed by atoms with van der Waals surface area (Å²) >= 11 is 0. The monoisotopic (exact) mass is 377 g/mol. The molecule has 2 atom stereocenters. The van der Waals surface area contributed by atoms with Crippen LogP contribution < -0.4 is 10.1 Å². The van der Waals surface area contributed by atoms with Gasteiger partial charge >= 0.3 is 0 Å². The van der Waals surface area contributed by atoms with Crippen molar-refractivity contribution in [1.82, 2.24) is 5.32 Å². The summed E-state index contributed by atoms with van der Waals surface area (Å²) in [6.45, 7) is 5.09. The summed E-state index contributed by atoms with van der Waals surface area (Å²) in [6, 6.07) is 15.7. The van der Waals surface area contributed by atoms with Crippen LogP contribution in [0.3, 0.4) is 0 Å². The number of halogens is 2. The summed E-state index contributed by atoms with van der Waals surface area (Å²) in [4.78, 5) is 0. The van der Waals surface area contributed by atoms with Gasteiger partial charge in [-0.15, -0.1) is 12.4 Å².